The normalized spacial score (nSPS) is 12.5. The summed E-state index contributed by atoms with van der Waals surface area (Å²) in [4.78, 5) is 12.2. The first kappa shape index (κ1) is 16.4. The van der Waals surface area contributed by atoms with E-state index >= 15 is 0 Å². The van der Waals surface area contributed by atoms with Crippen LogP contribution in [0.3, 0.4) is 0 Å². The van der Waals surface area contributed by atoms with Crippen LogP contribution in [0, 0.1) is 0 Å². The summed E-state index contributed by atoms with van der Waals surface area (Å²) in [6.45, 7) is 2.39. The molecule has 0 bridgehead atoms. The van der Waals surface area contributed by atoms with E-state index in [2.05, 4.69) is 46.7 Å². The molecule has 132 valence electrons. The van der Waals surface area contributed by atoms with E-state index in [1.807, 2.05) is 30.3 Å². The van der Waals surface area contributed by atoms with Gasteiger partial charge in [-0.25, -0.2) is 4.79 Å². The van der Waals surface area contributed by atoms with Crippen LogP contribution in [0.1, 0.15) is 36.1 Å². The number of hydrogen-bond donors (Lipinski definition) is 2. The van der Waals surface area contributed by atoms with E-state index in [1.165, 1.54) is 22.3 Å². The number of nitrogens with one attached hydrogen (secondary N) is 2. The van der Waals surface area contributed by atoms with Gasteiger partial charge in [0.25, 0.3) is 0 Å². The lowest BCUT2D eigenvalue weighted by Gasteiger charge is -2.14. The number of amides is 1. The van der Waals surface area contributed by atoms with Crippen molar-refractivity contribution in [3.63, 3.8) is 0 Å². The molecule has 0 aliphatic heterocycles. The number of ether oxygens (including phenoxy) is 1. The Balaban J connectivity index is 1.45. The van der Waals surface area contributed by atoms with Gasteiger partial charge in [0.05, 0.1) is 0 Å². The van der Waals surface area contributed by atoms with Gasteiger partial charge < -0.3 is 4.74 Å². The molecule has 3 aromatic rings. The monoisotopic (exact) mass is 347 g/mol. The molecule has 5 nitrogen and oxygen atoms in total. The van der Waals surface area contributed by atoms with Crippen molar-refractivity contribution in [1.29, 1.82) is 0 Å². The van der Waals surface area contributed by atoms with E-state index in [0.717, 1.165) is 18.5 Å². The largest absolute Gasteiger partial charge is 0.448 e. The van der Waals surface area contributed by atoms with Crippen molar-refractivity contribution >= 4 is 11.9 Å². The molecule has 1 aliphatic rings. The predicted octanol–water partition coefficient (Wildman–Crippen LogP) is 4.72. The maximum Gasteiger partial charge on any atom is 0.412 e. The van der Waals surface area contributed by atoms with E-state index in [9.17, 15) is 4.79 Å². The van der Waals surface area contributed by atoms with Gasteiger partial charge in [0.2, 0.25) is 0 Å². The number of carbonyl (C=O) groups excluding carboxylic acids is 1. The van der Waals surface area contributed by atoms with Crippen molar-refractivity contribution in [3.8, 4) is 11.1 Å². The fraction of sp³-hybridized carbons (Fsp3) is 0.238. The molecule has 0 atom stereocenters. The first-order valence-corrected chi connectivity index (χ1v) is 8.92. The third-order valence-electron chi connectivity index (χ3n) is 4.72. The summed E-state index contributed by atoms with van der Waals surface area (Å²) in [5.41, 5.74) is 5.83. The highest BCUT2D eigenvalue weighted by Crippen LogP contribution is 2.44. The number of anilines is 1. The van der Waals surface area contributed by atoms with Gasteiger partial charge >= 0.3 is 6.09 Å². The molecule has 0 unspecified atom stereocenters. The Morgan fingerprint density at radius 3 is 2.42 bits per heavy atom. The molecule has 5 heteroatoms. The molecule has 2 aromatic carbocycles. The molecule has 0 fully saturated rings. The fourth-order valence-corrected chi connectivity index (χ4v) is 3.56. The van der Waals surface area contributed by atoms with E-state index in [0.29, 0.717) is 12.4 Å². The maximum absolute atomic E-state index is 12.2. The first-order chi connectivity index (χ1) is 12.8. The minimum absolute atomic E-state index is 0.0583. The van der Waals surface area contributed by atoms with E-state index in [4.69, 9.17) is 4.74 Å². The minimum atomic E-state index is -0.485. The standard InChI is InChI=1S/C21H21N3O2/c1-2-7-14-12-20(24-23-14)22-21(25)26-13-19-17-10-5-3-8-15(17)16-9-4-6-11-18(16)19/h3-6,8-12,19H,2,7,13H2,1H3,(H2,22,23,24,25). The number of aromatic nitrogens is 2. The molecular formula is C21H21N3O2. The Bertz CT molecular complexity index is 887. The van der Waals surface area contributed by atoms with Crippen LogP contribution >= 0.6 is 0 Å². The summed E-state index contributed by atoms with van der Waals surface area (Å²) in [6.07, 6.45) is 1.44. The molecule has 0 radical (unpaired) electrons. The highest BCUT2D eigenvalue weighted by molar-refractivity contribution is 5.84. The first-order valence-electron chi connectivity index (χ1n) is 8.92. The van der Waals surface area contributed by atoms with Crippen LogP contribution in [0.4, 0.5) is 10.6 Å². The quantitative estimate of drug-likeness (QED) is 0.701. The number of aromatic amines is 1. The lowest BCUT2D eigenvalue weighted by Crippen LogP contribution is -2.18. The minimum Gasteiger partial charge on any atom is -0.448 e. The molecule has 0 saturated carbocycles. The lowest BCUT2D eigenvalue weighted by molar-refractivity contribution is 0.158. The fourth-order valence-electron chi connectivity index (χ4n) is 3.56. The second-order valence-electron chi connectivity index (χ2n) is 6.48. The summed E-state index contributed by atoms with van der Waals surface area (Å²) in [7, 11) is 0. The van der Waals surface area contributed by atoms with E-state index in [-0.39, 0.29) is 5.92 Å². The van der Waals surface area contributed by atoms with Crippen molar-refractivity contribution in [3.05, 3.63) is 71.4 Å². The smallest absolute Gasteiger partial charge is 0.412 e. The van der Waals surface area contributed by atoms with Crippen LogP contribution < -0.4 is 5.32 Å². The summed E-state index contributed by atoms with van der Waals surface area (Å²) >= 11 is 0. The average molecular weight is 347 g/mol. The molecular weight excluding hydrogens is 326 g/mol. The van der Waals surface area contributed by atoms with E-state index in [1.54, 1.807) is 0 Å². The van der Waals surface area contributed by atoms with E-state index < -0.39 is 6.09 Å². The lowest BCUT2D eigenvalue weighted by atomic mass is 9.98. The van der Waals surface area contributed by atoms with Crippen molar-refractivity contribution in [1.82, 2.24) is 10.2 Å². The van der Waals surface area contributed by atoms with Crippen LogP contribution in [0.5, 0.6) is 0 Å². The van der Waals surface area contributed by atoms with Gasteiger partial charge in [-0.05, 0) is 28.7 Å². The maximum atomic E-state index is 12.2. The van der Waals surface area contributed by atoms with Gasteiger partial charge in [0.1, 0.15) is 6.61 Å². The van der Waals surface area contributed by atoms with Gasteiger partial charge in [-0.15, -0.1) is 0 Å². The summed E-state index contributed by atoms with van der Waals surface area (Å²) in [6, 6.07) is 18.4. The van der Waals surface area contributed by atoms with Crippen LogP contribution in [-0.2, 0) is 11.2 Å². The van der Waals surface area contributed by atoms with Crippen molar-refractivity contribution in [2.24, 2.45) is 0 Å². The zero-order valence-corrected chi connectivity index (χ0v) is 14.7. The second-order valence-corrected chi connectivity index (χ2v) is 6.48. The second kappa shape index (κ2) is 7.04. The highest BCUT2D eigenvalue weighted by Gasteiger charge is 2.29. The number of hydrogen-bond acceptors (Lipinski definition) is 3. The Labute approximate surface area is 152 Å². The number of fused-ring (bicyclic) bond motifs is 3. The highest BCUT2D eigenvalue weighted by atomic mass is 16.5. The van der Waals surface area contributed by atoms with Gasteiger partial charge in [-0.3, -0.25) is 10.4 Å². The van der Waals surface area contributed by atoms with Crippen molar-refractivity contribution in [2.75, 3.05) is 11.9 Å². The van der Waals surface area contributed by atoms with Crippen molar-refractivity contribution < 1.29 is 9.53 Å². The number of nitrogens with zero attached hydrogens (tertiary/aromatic N) is 1. The number of aryl methyl sites for hydroxylation is 1. The van der Waals surface area contributed by atoms with Crippen LogP contribution in [0.25, 0.3) is 11.1 Å². The van der Waals surface area contributed by atoms with Gasteiger partial charge in [0.15, 0.2) is 5.82 Å². The topological polar surface area (TPSA) is 67.0 Å². The molecule has 26 heavy (non-hydrogen) atoms. The number of H-pyrrole nitrogens is 1. The summed E-state index contributed by atoms with van der Waals surface area (Å²) in [5, 5.41) is 9.69. The summed E-state index contributed by atoms with van der Waals surface area (Å²) in [5.74, 6) is 0.550. The zero-order chi connectivity index (χ0) is 17.9. The third-order valence-corrected chi connectivity index (χ3v) is 4.72. The Morgan fingerprint density at radius 1 is 1.12 bits per heavy atom. The Morgan fingerprint density at radius 2 is 1.77 bits per heavy atom. The summed E-state index contributed by atoms with van der Waals surface area (Å²) < 4.78 is 5.51. The number of rotatable bonds is 5. The van der Waals surface area contributed by atoms with Crippen LogP contribution in [-0.4, -0.2) is 22.9 Å². The molecule has 0 spiro atoms. The molecule has 2 N–H and O–H groups in total. The molecule has 1 aliphatic carbocycles. The van der Waals surface area contributed by atoms with Crippen molar-refractivity contribution in [2.45, 2.75) is 25.7 Å². The van der Waals surface area contributed by atoms with Gasteiger partial charge in [0, 0.05) is 17.7 Å². The molecule has 0 saturated heterocycles. The van der Waals surface area contributed by atoms with Gasteiger partial charge in [-0.2, -0.15) is 5.10 Å². The van der Waals surface area contributed by atoms with Crippen LogP contribution in [0.2, 0.25) is 0 Å². The SMILES string of the molecule is CCCc1cc(NC(=O)OCC2c3ccccc3-c3ccccc32)n[nH]1. The third kappa shape index (κ3) is 3.08. The molecule has 4 rings (SSSR count). The zero-order valence-electron chi connectivity index (χ0n) is 14.7. The average Bonchev–Trinajstić information content (AvgIpc) is 3.23. The van der Waals surface area contributed by atoms with Gasteiger partial charge in [-0.1, -0.05) is 61.9 Å². The molecule has 1 amide bonds. The molecule has 1 aromatic heterocycles. The van der Waals surface area contributed by atoms with Crippen LogP contribution in [0.15, 0.2) is 54.6 Å². The molecule has 1 heterocycles. The Kier molecular flexibility index (Phi) is 4.44. The number of benzene rings is 2. The predicted molar refractivity (Wildman–Crippen MR) is 101 cm³/mol. The number of carbonyl (C=O) groups is 1. The Hall–Kier alpha value is -3.08.